The quantitative estimate of drug-likeness (QED) is 0.888. The minimum Gasteiger partial charge on any atom is -0.313 e. The zero-order valence-electron chi connectivity index (χ0n) is 10.8. The molecule has 1 aliphatic rings. The van der Waals surface area contributed by atoms with E-state index in [-0.39, 0.29) is 11.6 Å². The molecule has 1 aromatic carbocycles. The maximum Gasteiger partial charge on any atom is 0.127 e. The fourth-order valence-corrected chi connectivity index (χ4v) is 2.56. The zero-order chi connectivity index (χ0) is 13.0. The van der Waals surface area contributed by atoms with Crippen molar-refractivity contribution >= 4 is 0 Å². The molecule has 0 spiro atoms. The van der Waals surface area contributed by atoms with Crippen molar-refractivity contribution in [3.63, 3.8) is 0 Å². The average molecular weight is 254 g/mol. The maximum atomic E-state index is 13.6. The van der Waals surface area contributed by atoms with Crippen molar-refractivity contribution in [3.05, 3.63) is 35.4 Å². The van der Waals surface area contributed by atoms with Gasteiger partial charge in [-0.3, -0.25) is 4.90 Å². The highest BCUT2D eigenvalue weighted by atomic mass is 19.1. The van der Waals surface area contributed by atoms with Crippen LogP contribution < -0.4 is 5.32 Å². The Hall–Kier alpha value is -1.00. The lowest BCUT2D eigenvalue weighted by Crippen LogP contribution is -2.45. The molecule has 0 aliphatic carbocycles. The molecule has 2 rings (SSSR count). The van der Waals surface area contributed by atoms with Crippen LogP contribution >= 0.6 is 0 Å². The van der Waals surface area contributed by atoms with Crippen LogP contribution in [0.15, 0.2) is 18.2 Å². The molecule has 18 heavy (non-hydrogen) atoms. The van der Waals surface area contributed by atoms with E-state index in [2.05, 4.69) is 17.1 Å². The second kappa shape index (κ2) is 6.25. The van der Waals surface area contributed by atoms with Crippen molar-refractivity contribution < 1.29 is 8.78 Å². The number of hydrogen-bond acceptors (Lipinski definition) is 2. The van der Waals surface area contributed by atoms with Gasteiger partial charge >= 0.3 is 0 Å². The Morgan fingerprint density at radius 2 is 2.22 bits per heavy atom. The minimum atomic E-state index is -0.369. The van der Waals surface area contributed by atoms with Crippen LogP contribution in [0.25, 0.3) is 0 Å². The van der Waals surface area contributed by atoms with Gasteiger partial charge in [-0.2, -0.15) is 0 Å². The molecule has 0 radical (unpaired) electrons. The molecule has 0 bridgehead atoms. The average Bonchev–Trinajstić information content (AvgIpc) is 2.35. The second-order valence-electron chi connectivity index (χ2n) is 4.87. The number of rotatable bonds is 4. The first-order chi connectivity index (χ1) is 8.69. The number of likely N-dealkylation sites (tertiary alicyclic amines) is 1. The third-order valence-electron chi connectivity index (χ3n) is 3.40. The predicted molar refractivity (Wildman–Crippen MR) is 68.3 cm³/mol. The van der Waals surface area contributed by atoms with E-state index in [1.165, 1.54) is 12.1 Å². The lowest BCUT2D eigenvalue weighted by molar-refractivity contribution is 0.182. The van der Waals surface area contributed by atoms with Crippen LogP contribution in [-0.2, 0) is 6.54 Å². The lowest BCUT2D eigenvalue weighted by Gasteiger charge is -2.33. The number of piperidine rings is 1. The molecule has 0 amide bonds. The molecule has 1 saturated heterocycles. The summed E-state index contributed by atoms with van der Waals surface area (Å²) in [6.45, 7) is 5.39. The molecule has 0 saturated carbocycles. The second-order valence-corrected chi connectivity index (χ2v) is 4.87. The van der Waals surface area contributed by atoms with Gasteiger partial charge in [0.05, 0.1) is 0 Å². The Labute approximate surface area is 107 Å². The summed E-state index contributed by atoms with van der Waals surface area (Å²) in [5.41, 5.74) is 0.451. The summed E-state index contributed by atoms with van der Waals surface area (Å²) >= 11 is 0. The molecule has 1 heterocycles. The first-order valence-electron chi connectivity index (χ1n) is 6.58. The van der Waals surface area contributed by atoms with Crippen molar-refractivity contribution in [1.29, 1.82) is 0 Å². The summed E-state index contributed by atoms with van der Waals surface area (Å²) in [7, 11) is 0. The fourth-order valence-electron chi connectivity index (χ4n) is 2.56. The number of likely N-dealkylation sites (N-methyl/N-ethyl adjacent to an activating group) is 1. The zero-order valence-corrected chi connectivity index (χ0v) is 10.8. The highest BCUT2D eigenvalue weighted by Gasteiger charge is 2.20. The van der Waals surface area contributed by atoms with E-state index in [9.17, 15) is 8.78 Å². The van der Waals surface area contributed by atoms with E-state index in [0.717, 1.165) is 38.5 Å². The smallest absolute Gasteiger partial charge is 0.127 e. The Balaban J connectivity index is 1.98. The topological polar surface area (TPSA) is 15.3 Å². The van der Waals surface area contributed by atoms with E-state index in [4.69, 9.17) is 0 Å². The lowest BCUT2D eigenvalue weighted by atomic mass is 10.0. The molecule has 1 atom stereocenters. The van der Waals surface area contributed by atoms with Crippen LogP contribution in [-0.4, -0.2) is 30.6 Å². The van der Waals surface area contributed by atoms with Crippen molar-refractivity contribution in [2.75, 3.05) is 19.6 Å². The third kappa shape index (κ3) is 3.50. The third-order valence-corrected chi connectivity index (χ3v) is 3.40. The molecule has 1 aliphatic heterocycles. The van der Waals surface area contributed by atoms with Crippen molar-refractivity contribution in [2.45, 2.75) is 32.4 Å². The Morgan fingerprint density at radius 3 is 3.00 bits per heavy atom. The van der Waals surface area contributed by atoms with Gasteiger partial charge in [0.25, 0.3) is 0 Å². The predicted octanol–water partition coefficient (Wildman–Crippen LogP) is 2.54. The van der Waals surface area contributed by atoms with Crippen LogP contribution in [0.5, 0.6) is 0 Å². The fraction of sp³-hybridized carbons (Fsp3) is 0.571. The van der Waals surface area contributed by atoms with Crippen LogP contribution in [0.2, 0.25) is 0 Å². The first kappa shape index (κ1) is 13.4. The van der Waals surface area contributed by atoms with Gasteiger partial charge in [0.2, 0.25) is 0 Å². The highest BCUT2D eigenvalue weighted by molar-refractivity contribution is 5.18. The van der Waals surface area contributed by atoms with E-state index in [1.54, 1.807) is 0 Å². The molecular weight excluding hydrogens is 234 g/mol. The summed E-state index contributed by atoms with van der Waals surface area (Å²) in [5.74, 6) is -0.686. The van der Waals surface area contributed by atoms with Gasteiger partial charge < -0.3 is 5.32 Å². The van der Waals surface area contributed by atoms with Gasteiger partial charge in [-0.1, -0.05) is 6.92 Å². The molecule has 4 heteroatoms. The molecular formula is C14H20F2N2. The first-order valence-corrected chi connectivity index (χ1v) is 6.58. The minimum absolute atomic E-state index is 0.318. The molecule has 1 N–H and O–H groups in total. The molecule has 0 aromatic heterocycles. The van der Waals surface area contributed by atoms with Gasteiger partial charge in [-0.15, -0.1) is 0 Å². The highest BCUT2D eigenvalue weighted by Crippen LogP contribution is 2.16. The van der Waals surface area contributed by atoms with Gasteiger partial charge in [-0.25, -0.2) is 8.78 Å². The Kier molecular flexibility index (Phi) is 4.66. The molecule has 2 nitrogen and oxygen atoms in total. The summed E-state index contributed by atoms with van der Waals surface area (Å²) in [4.78, 5) is 2.19. The van der Waals surface area contributed by atoms with Crippen molar-refractivity contribution in [3.8, 4) is 0 Å². The summed E-state index contributed by atoms with van der Waals surface area (Å²) in [6.07, 6.45) is 2.27. The number of nitrogens with one attached hydrogen (secondary N) is 1. The standard InChI is InChI=1S/C14H20F2N2/c1-2-17-13-4-3-7-18(10-13)9-11-8-12(15)5-6-14(11)16/h5-6,8,13,17H,2-4,7,9-10H2,1H3. The van der Waals surface area contributed by atoms with Crippen LogP contribution in [0.1, 0.15) is 25.3 Å². The molecule has 1 aromatic rings. The monoisotopic (exact) mass is 254 g/mol. The molecule has 1 unspecified atom stereocenters. The van der Waals surface area contributed by atoms with Gasteiger partial charge in [0.1, 0.15) is 11.6 Å². The van der Waals surface area contributed by atoms with Gasteiger partial charge in [-0.05, 0) is 44.1 Å². The van der Waals surface area contributed by atoms with E-state index in [0.29, 0.717) is 18.2 Å². The summed E-state index contributed by atoms with van der Waals surface area (Å²) in [5, 5.41) is 3.42. The normalized spacial score (nSPS) is 21.2. The maximum absolute atomic E-state index is 13.6. The largest absolute Gasteiger partial charge is 0.313 e. The Bertz CT molecular complexity index is 393. The van der Waals surface area contributed by atoms with E-state index >= 15 is 0 Å². The molecule has 100 valence electrons. The van der Waals surface area contributed by atoms with Crippen molar-refractivity contribution in [1.82, 2.24) is 10.2 Å². The Morgan fingerprint density at radius 1 is 1.39 bits per heavy atom. The number of hydrogen-bond donors (Lipinski definition) is 1. The van der Waals surface area contributed by atoms with E-state index < -0.39 is 0 Å². The molecule has 1 fully saturated rings. The van der Waals surface area contributed by atoms with Crippen LogP contribution in [0, 0.1) is 11.6 Å². The van der Waals surface area contributed by atoms with Gasteiger partial charge in [0, 0.05) is 24.7 Å². The summed E-state index contributed by atoms with van der Waals surface area (Å²) in [6, 6.07) is 4.14. The van der Waals surface area contributed by atoms with E-state index in [1.807, 2.05) is 0 Å². The number of halogens is 2. The van der Waals surface area contributed by atoms with Gasteiger partial charge in [0.15, 0.2) is 0 Å². The van der Waals surface area contributed by atoms with Crippen LogP contribution in [0.3, 0.4) is 0 Å². The van der Waals surface area contributed by atoms with Crippen molar-refractivity contribution in [2.24, 2.45) is 0 Å². The summed E-state index contributed by atoms with van der Waals surface area (Å²) < 4.78 is 26.7. The SMILES string of the molecule is CCNC1CCCN(Cc2cc(F)ccc2F)C1. The van der Waals surface area contributed by atoms with Crippen LogP contribution in [0.4, 0.5) is 8.78 Å². The number of nitrogens with zero attached hydrogens (tertiary/aromatic N) is 1. The number of benzene rings is 1.